The van der Waals surface area contributed by atoms with Gasteiger partial charge in [0.1, 0.15) is 6.61 Å². The zero-order chi connectivity index (χ0) is 44.9. The number of hydrogen-bond acceptors (Lipinski definition) is 5. The van der Waals surface area contributed by atoms with Gasteiger partial charge in [-0.2, -0.15) is 0 Å². The van der Waals surface area contributed by atoms with Gasteiger partial charge in [0.2, 0.25) is 0 Å². The normalized spacial score (nSPS) is 12.4. The third kappa shape index (κ3) is 50.8. The van der Waals surface area contributed by atoms with Crippen LogP contribution in [0.25, 0.3) is 0 Å². The zero-order valence-electron chi connectivity index (χ0n) is 41.9. The van der Waals surface area contributed by atoms with Crippen molar-refractivity contribution in [1.82, 2.24) is 0 Å². The number of esters is 2. The fraction of sp³-hybridized carbons (Fsp3) is 0.860. The van der Waals surface area contributed by atoms with E-state index < -0.39 is 6.10 Å². The number of allylic oxidation sites excluding steroid dienone is 6. The molecule has 0 N–H and O–H groups in total. The Morgan fingerprint density at radius 2 is 0.694 bits per heavy atom. The maximum Gasteiger partial charge on any atom is 0.306 e. The average molecular weight is 871 g/mol. The van der Waals surface area contributed by atoms with Crippen LogP contribution in [0.4, 0.5) is 0 Å². The van der Waals surface area contributed by atoms with Gasteiger partial charge < -0.3 is 14.2 Å². The van der Waals surface area contributed by atoms with E-state index in [2.05, 4.69) is 57.2 Å². The summed E-state index contributed by atoms with van der Waals surface area (Å²) in [6.07, 6.45) is 64.4. The van der Waals surface area contributed by atoms with Crippen LogP contribution in [0.1, 0.15) is 290 Å². The topological polar surface area (TPSA) is 61.8 Å². The molecule has 5 nitrogen and oxygen atoms in total. The van der Waals surface area contributed by atoms with Crippen LogP contribution in [0.3, 0.4) is 0 Å². The first-order chi connectivity index (χ1) is 30.6. The van der Waals surface area contributed by atoms with Crippen molar-refractivity contribution in [2.75, 3.05) is 19.8 Å². The molecule has 0 aromatic heterocycles. The van der Waals surface area contributed by atoms with Crippen LogP contribution in [-0.4, -0.2) is 37.9 Å². The van der Waals surface area contributed by atoms with E-state index in [1.54, 1.807) is 0 Å². The number of carbonyl (C=O) groups is 2. The molecule has 62 heavy (non-hydrogen) atoms. The summed E-state index contributed by atoms with van der Waals surface area (Å²) in [4.78, 5) is 25.4. The second-order valence-corrected chi connectivity index (χ2v) is 18.5. The molecule has 0 spiro atoms. The van der Waals surface area contributed by atoms with Crippen molar-refractivity contribution in [3.8, 4) is 0 Å². The molecule has 0 rings (SSSR count). The van der Waals surface area contributed by atoms with Gasteiger partial charge in [-0.05, 0) is 70.6 Å². The van der Waals surface area contributed by atoms with Crippen LogP contribution in [0.15, 0.2) is 36.5 Å². The summed E-state index contributed by atoms with van der Waals surface area (Å²) in [6, 6.07) is 0. The molecule has 0 aliphatic carbocycles. The first-order valence-electron chi connectivity index (χ1n) is 27.5. The fourth-order valence-electron chi connectivity index (χ4n) is 7.99. The molecule has 0 fully saturated rings. The van der Waals surface area contributed by atoms with Gasteiger partial charge in [0, 0.05) is 19.4 Å². The summed E-state index contributed by atoms with van der Waals surface area (Å²) in [6.45, 7) is 7.81. The maximum atomic E-state index is 12.8. The lowest BCUT2D eigenvalue weighted by molar-refractivity contribution is -0.163. The SMILES string of the molecule is CCCC/C=C\CCCCCCCC(=O)OC[C@@H](COCCCCCCCCCCCCCCCCCC)OC(=O)CCCCCCCCCCC/C=C\C/C=C\CCCCC. The van der Waals surface area contributed by atoms with Crippen molar-refractivity contribution >= 4 is 11.9 Å². The van der Waals surface area contributed by atoms with Crippen LogP contribution >= 0.6 is 0 Å². The van der Waals surface area contributed by atoms with Gasteiger partial charge >= 0.3 is 11.9 Å². The maximum absolute atomic E-state index is 12.8. The van der Waals surface area contributed by atoms with E-state index in [1.165, 1.54) is 205 Å². The molecule has 0 unspecified atom stereocenters. The molecular weight excluding hydrogens is 765 g/mol. The van der Waals surface area contributed by atoms with Gasteiger partial charge in [0.15, 0.2) is 6.10 Å². The van der Waals surface area contributed by atoms with Gasteiger partial charge in [-0.15, -0.1) is 0 Å². The Labute approximate surface area is 387 Å². The minimum Gasteiger partial charge on any atom is -0.462 e. The van der Waals surface area contributed by atoms with Crippen molar-refractivity contribution in [2.24, 2.45) is 0 Å². The van der Waals surface area contributed by atoms with E-state index in [0.29, 0.717) is 19.4 Å². The predicted molar refractivity (Wildman–Crippen MR) is 270 cm³/mol. The van der Waals surface area contributed by atoms with E-state index in [-0.39, 0.29) is 25.2 Å². The zero-order valence-corrected chi connectivity index (χ0v) is 41.9. The second kappa shape index (κ2) is 53.5. The second-order valence-electron chi connectivity index (χ2n) is 18.5. The van der Waals surface area contributed by atoms with E-state index in [1.807, 2.05) is 0 Å². The minimum absolute atomic E-state index is 0.0841. The fourth-order valence-corrected chi connectivity index (χ4v) is 7.99. The number of carbonyl (C=O) groups excluding carboxylic acids is 2. The Morgan fingerprint density at radius 3 is 1.16 bits per heavy atom. The van der Waals surface area contributed by atoms with E-state index in [0.717, 1.165) is 51.4 Å². The molecule has 0 amide bonds. The summed E-state index contributed by atoms with van der Waals surface area (Å²) in [5, 5.41) is 0. The van der Waals surface area contributed by atoms with Crippen molar-refractivity contribution in [3.63, 3.8) is 0 Å². The van der Waals surface area contributed by atoms with E-state index >= 15 is 0 Å². The lowest BCUT2D eigenvalue weighted by atomic mass is 10.0. The number of rotatable bonds is 51. The highest BCUT2D eigenvalue weighted by Gasteiger charge is 2.17. The molecule has 0 bridgehead atoms. The quantitative estimate of drug-likeness (QED) is 0.0346. The largest absolute Gasteiger partial charge is 0.462 e. The molecule has 5 heteroatoms. The van der Waals surface area contributed by atoms with Gasteiger partial charge in [0.25, 0.3) is 0 Å². The number of hydrogen-bond donors (Lipinski definition) is 0. The van der Waals surface area contributed by atoms with Crippen LogP contribution in [0, 0.1) is 0 Å². The number of ether oxygens (including phenoxy) is 3. The van der Waals surface area contributed by atoms with E-state index in [4.69, 9.17) is 14.2 Å². The minimum atomic E-state index is -0.537. The van der Waals surface area contributed by atoms with Crippen LogP contribution in [-0.2, 0) is 23.8 Å². The van der Waals surface area contributed by atoms with E-state index in [9.17, 15) is 9.59 Å². The first kappa shape index (κ1) is 60.1. The molecule has 0 radical (unpaired) electrons. The molecule has 1 atom stereocenters. The molecule has 0 aromatic rings. The van der Waals surface area contributed by atoms with Crippen LogP contribution < -0.4 is 0 Å². The lowest BCUT2D eigenvalue weighted by Gasteiger charge is -2.18. The third-order valence-electron chi connectivity index (χ3n) is 12.1. The van der Waals surface area contributed by atoms with Crippen molar-refractivity contribution in [2.45, 2.75) is 297 Å². The van der Waals surface area contributed by atoms with Crippen molar-refractivity contribution in [3.05, 3.63) is 36.5 Å². The molecule has 0 saturated carbocycles. The van der Waals surface area contributed by atoms with Gasteiger partial charge in [-0.3, -0.25) is 9.59 Å². The molecular formula is C57H106O5. The smallest absolute Gasteiger partial charge is 0.306 e. The highest BCUT2D eigenvalue weighted by atomic mass is 16.6. The Kier molecular flexibility index (Phi) is 51.8. The lowest BCUT2D eigenvalue weighted by Crippen LogP contribution is -2.30. The molecule has 0 aliphatic heterocycles. The Bertz CT molecular complexity index is 986. The molecule has 364 valence electrons. The van der Waals surface area contributed by atoms with Gasteiger partial charge in [-0.25, -0.2) is 0 Å². The monoisotopic (exact) mass is 871 g/mol. The highest BCUT2D eigenvalue weighted by molar-refractivity contribution is 5.70. The Balaban J connectivity index is 4.21. The summed E-state index contributed by atoms with van der Waals surface area (Å²) in [5.74, 6) is -0.398. The molecule has 0 heterocycles. The van der Waals surface area contributed by atoms with Crippen LogP contribution in [0.5, 0.6) is 0 Å². The molecule has 0 aliphatic rings. The predicted octanol–water partition coefficient (Wildman–Crippen LogP) is 18.6. The van der Waals surface area contributed by atoms with Gasteiger partial charge in [0.05, 0.1) is 6.61 Å². The highest BCUT2D eigenvalue weighted by Crippen LogP contribution is 2.16. The third-order valence-corrected chi connectivity index (χ3v) is 12.1. The molecule has 0 saturated heterocycles. The summed E-state index contributed by atoms with van der Waals surface area (Å²) >= 11 is 0. The summed E-state index contributed by atoms with van der Waals surface area (Å²) in [5.41, 5.74) is 0. The van der Waals surface area contributed by atoms with Crippen LogP contribution in [0.2, 0.25) is 0 Å². The van der Waals surface area contributed by atoms with Crippen molar-refractivity contribution in [1.29, 1.82) is 0 Å². The summed E-state index contributed by atoms with van der Waals surface area (Å²) < 4.78 is 17.4. The molecule has 0 aromatic carbocycles. The standard InChI is InChI=1S/C57H106O5/c1-4-7-10-13-16-19-22-24-26-28-29-30-31-33-36-39-42-45-48-51-57(59)62-55(54-61-56(58)50-47-44-41-38-35-21-18-15-12-9-6-3)53-60-52-49-46-43-40-37-34-32-27-25-23-20-17-14-11-8-5-2/h15-16,18-19,24,26,55H,4-14,17,20-23,25,27-54H2,1-3H3/b18-15-,19-16-,26-24-/t55-/m1/s1. The van der Waals surface area contributed by atoms with Crippen molar-refractivity contribution < 1.29 is 23.8 Å². The van der Waals surface area contributed by atoms with Gasteiger partial charge in [-0.1, -0.05) is 243 Å². The summed E-state index contributed by atoms with van der Waals surface area (Å²) in [7, 11) is 0. The Morgan fingerprint density at radius 1 is 0.355 bits per heavy atom. The first-order valence-corrected chi connectivity index (χ1v) is 27.5. The average Bonchev–Trinajstić information content (AvgIpc) is 3.27. The number of unbranched alkanes of at least 4 members (excludes halogenated alkanes) is 34. The Hall–Kier alpha value is -1.88.